The standard InChI is InChI=1S/C24H28N7O8P/c1-14(21(33)36-3)28-40(35,39-17-10-6-8-15-7-4-5-9-16(15)17)37-13-18-20(32)24(2,29-30-26)22(38-18)31-12-11-19(25)27-23(31)34/h4-12,14,18,20,22,32H,13H2,1-3H3,(H,28,35)(H2,25,27,34)/t14-,18+,20+,22+,24+,40?/m0/s1. The quantitative estimate of drug-likeness (QED) is 0.105. The van der Waals surface area contributed by atoms with E-state index in [2.05, 4.69) is 20.1 Å². The molecule has 1 aliphatic rings. The summed E-state index contributed by atoms with van der Waals surface area (Å²) in [5.41, 5.74) is 12.2. The van der Waals surface area contributed by atoms with E-state index in [4.69, 9.17) is 24.3 Å². The maximum absolute atomic E-state index is 14.0. The minimum Gasteiger partial charge on any atom is -0.468 e. The number of aromatic nitrogens is 2. The first kappa shape index (κ1) is 29.0. The SMILES string of the molecule is COC(=O)[C@H](C)NP(=O)(OC[C@H]1O[C@@H](n2ccc(N)nc2=O)[C@](C)(N=[N+]=[N-])[C@@H]1O)Oc1cccc2ccccc12. The molecule has 1 unspecified atom stereocenters. The molecule has 0 aliphatic carbocycles. The third-order valence-electron chi connectivity index (χ3n) is 6.40. The Morgan fingerprint density at radius 3 is 2.77 bits per heavy atom. The molecule has 2 aromatic carbocycles. The maximum atomic E-state index is 14.0. The third kappa shape index (κ3) is 5.80. The molecule has 16 heteroatoms. The molecule has 1 aromatic heterocycles. The molecule has 4 rings (SSSR count). The van der Waals surface area contributed by atoms with E-state index < -0.39 is 56.0 Å². The Morgan fingerprint density at radius 2 is 2.08 bits per heavy atom. The highest BCUT2D eigenvalue weighted by Gasteiger charge is 2.55. The molecule has 1 aliphatic heterocycles. The van der Waals surface area contributed by atoms with Crippen molar-refractivity contribution in [1.82, 2.24) is 14.6 Å². The topological polar surface area (TPSA) is 213 Å². The molecule has 1 fully saturated rings. The van der Waals surface area contributed by atoms with E-state index >= 15 is 0 Å². The summed E-state index contributed by atoms with van der Waals surface area (Å²) in [6.45, 7) is 2.23. The summed E-state index contributed by atoms with van der Waals surface area (Å²) in [4.78, 5) is 31.1. The summed E-state index contributed by atoms with van der Waals surface area (Å²) < 4.78 is 37.1. The lowest BCUT2D eigenvalue weighted by Gasteiger charge is -2.28. The van der Waals surface area contributed by atoms with Crippen LogP contribution in [-0.2, 0) is 23.4 Å². The number of nitrogens with one attached hydrogen (secondary N) is 1. The molecule has 0 amide bonds. The number of hydrogen-bond donors (Lipinski definition) is 3. The molecule has 15 nitrogen and oxygen atoms in total. The first-order chi connectivity index (χ1) is 19.0. The van der Waals surface area contributed by atoms with Crippen molar-refractivity contribution in [3.63, 3.8) is 0 Å². The molecule has 0 bridgehead atoms. The molecular formula is C24H28N7O8P. The first-order valence-electron chi connectivity index (χ1n) is 12.0. The van der Waals surface area contributed by atoms with E-state index in [0.717, 1.165) is 9.95 Å². The second kappa shape index (κ2) is 11.6. The zero-order valence-corrected chi connectivity index (χ0v) is 22.7. The Balaban J connectivity index is 1.64. The zero-order valence-electron chi connectivity index (χ0n) is 21.8. The molecule has 0 spiro atoms. The van der Waals surface area contributed by atoms with Crippen LogP contribution in [-0.4, -0.2) is 58.1 Å². The number of nitrogens with zero attached hydrogens (tertiary/aromatic N) is 5. The number of fused-ring (bicyclic) bond motifs is 1. The molecule has 212 valence electrons. The largest absolute Gasteiger partial charge is 0.468 e. The fraction of sp³-hybridized carbons (Fsp3) is 0.375. The number of aliphatic hydroxyl groups excluding tert-OH is 1. The number of carbonyl (C=O) groups is 1. The van der Waals surface area contributed by atoms with Crippen LogP contribution in [0.1, 0.15) is 20.1 Å². The molecule has 6 atom stereocenters. The molecule has 0 radical (unpaired) electrons. The Morgan fingerprint density at radius 1 is 1.35 bits per heavy atom. The minimum absolute atomic E-state index is 0.0394. The summed E-state index contributed by atoms with van der Waals surface area (Å²) in [7, 11) is -3.18. The van der Waals surface area contributed by atoms with E-state index in [1.807, 2.05) is 18.2 Å². The van der Waals surface area contributed by atoms with Crippen LogP contribution >= 0.6 is 7.75 Å². The second-order valence-corrected chi connectivity index (χ2v) is 10.9. The van der Waals surface area contributed by atoms with Gasteiger partial charge < -0.3 is 24.8 Å². The van der Waals surface area contributed by atoms with Crippen LogP contribution in [0, 0.1) is 0 Å². The number of anilines is 1. The molecule has 3 aromatic rings. The lowest BCUT2D eigenvalue weighted by Crippen LogP contribution is -2.45. The van der Waals surface area contributed by atoms with Crippen LogP contribution in [0.4, 0.5) is 5.82 Å². The van der Waals surface area contributed by atoms with Gasteiger partial charge in [0.25, 0.3) is 0 Å². The number of methoxy groups -OCH3 is 1. The van der Waals surface area contributed by atoms with Crippen molar-refractivity contribution in [2.45, 2.75) is 43.9 Å². The summed E-state index contributed by atoms with van der Waals surface area (Å²) in [6.07, 6.45) is -2.82. The number of carbonyl (C=O) groups excluding carboxylic acids is 1. The van der Waals surface area contributed by atoms with Gasteiger partial charge in [-0.15, -0.1) is 0 Å². The highest BCUT2D eigenvalue weighted by atomic mass is 31.2. The van der Waals surface area contributed by atoms with Crippen LogP contribution in [0.25, 0.3) is 21.2 Å². The summed E-state index contributed by atoms with van der Waals surface area (Å²) in [6, 6.07) is 12.6. The van der Waals surface area contributed by atoms with Gasteiger partial charge in [-0.05, 0) is 36.9 Å². The summed E-state index contributed by atoms with van der Waals surface area (Å²) >= 11 is 0. The lowest BCUT2D eigenvalue weighted by atomic mass is 9.93. The number of ether oxygens (including phenoxy) is 2. The Hall–Kier alpha value is -3.97. The Kier molecular flexibility index (Phi) is 8.45. The molecular weight excluding hydrogens is 545 g/mol. The Bertz CT molecular complexity index is 1560. The molecule has 40 heavy (non-hydrogen) atoms. The van der Waals surface area contributed by atoms with Gasteiger partial charge in [-0.2, -0.15) is 10.1 Å². The first-order valence-corrected chi connectivity index (χ1v) is 13.6. The number of aliphatic hydroxyl groups is 1. The van der Waals surface area contributed by atoms with Gasteiger partial charge >= 0.3 is 19.4 Å². The van der Waals surface area contributed by atoms with E-state index in [0.29, 0.717) is 5.39 Å². The predicted octanol–water partition coefficient (Wildman–Crippen LogP) is 2.66. The van der Waals surface area contributed by atoms with Gasteiger partial charge in [-0.25, -0.2) is 9.36 Å². The van der Waals surface area contributed by atoms with Crippen molar-refractivity contribution in [1.29, 1.82) is 0 Å². The third-order valence-corrected chi connectivity index (χ3v) is 8.03. The number of benzene rings is 2. The van der Waals surface area contributed by atoms with Crippen molar-refractivity contribution in [2.24, 2.45) is 5.11 Å². The van der Waals surface area contributed by atoms with Crippen molar-refractivity contribution < 1.29 is 33.0 Å². The van der Waals surface area contributed by atoms with Crippen LogP contribution in [0.3, 0.4) is 0 Å². The molecule has 2 heterocycles. The number of rotatable bonds is 10. The van der Waals surface area contributed by atoms with Crippen LogP contribution in [0.15, 0.2) is 64.6 Å². The summed E-state index contributed by atoms with van der Waals surface area (Å²) in [5.74, 6) is -0.564. The monoisotopic (exact) mass is 573 g/mol. The molecule has 0 saturated carbocycles. The van der Waals surface area contributed by atoms with Crippen molar-refractivity contribution >= 4 is 30.3 Å². The maximum Gasteiger partial charge on any atom is 0.459 e. The smallest absolute Gasteiger partial charge is 0.459 e. The van der Waals surface area contributed by atoms with Gasteiger partial charge in [0.15, 0.2) is 6.23 Å². The number of azide groups is 1. The summed E-state index contributed by atoms with van der Waals surface area (Å²) in [5, 5.41) is 18.8. The molecule has 4 N–H and O–H groups in total. The van der Waals surface area contributed by atoms with Gasteiger partial charge in [0, 0.05) is 16.5 Å². The van der Waals surface area contributed by atoms with E-state index in [1.165, 1.54) is 33.2 Å². The predicted molar refractivity (Wildman–Crippen MR) is 143 cm³/mol. The van der Waals surface area contributed by atoms with Gasteiger partial charge in [0.2, 0.25) is 0 Å². The van der Waals surface area contributed by atoms with Crippen LogP contribution in [0.5, 0.6) is 5.75 Å². The normalized spacial score (nSPS) is 24.6. The van der Waals surface area contributed by atoms with Crippen molar-refractivity contribution in [3.05, 3.63) is 75.7 Å². The highest BCUT2D eigenvalue weighted by molar-refractivity contribution is 7.52. The van der Waals surface area contributed by atoms with E-state index in [9.17, 15) is 24.8 Å². The number of nitrogen functional groups attached to an aromatic ring is 1. The highest BCUT2D eigenvalue weighted by Crippen LogP contribution is 2.48. The van der Waals surface area contributed by atoms with Gasteiger partial charge in [0.05, 0.1) is 19.8 Å². The average Bonchev–Trinajstić information content (AvgIpc) is 3.16. The van der Waals surface area contributed by atoms with Gasteiger partial charge in [-0.1, -0.05) is 41.5 Å². The average molecular weight is 574 g/mol. The van der Waals surface area contributed by atoms with Crippen LogP contribution < -0.4 is 21.0 Å². The van der Waals surface area contributed by atoms with Crippen LogP contribution in [0.2, 0.25) is 0 Å². The zero-order chi connectivity index (χ0) is 29.1. The Labute approximate surface area is 228 Å². The second-order valence-electron chi connectivity index (χ2n) is 9.17. The fourth-order valence-corrected chi connectivity index (χ4v) is 5.84. The molecule has 1 saturated heterocycles. The number of esters is 1. The minimum atomic E-state index is -4.36. The van der Waals surface area contributed by atoms with Gasteiger partial charge in [-0.3, -0.25) is 13.9 Å². The number of nitrogens with two attached hydrogens (primary N) is 1. The van der Waals surface area contributed by atoms with Crippen molar-refractivity contribution in [2.75, 3.05) is 19.5 Å². The van der Waals surface area contributed by atoms with Gasteiger partial charge in [0.1, 0.15) is 29.3 Å². The van der Waals surface area contributed by atoms with E-state index in [1.54, 1.807) is 24.3 Å². The lowest BCUT2D eigenvalue weighted by molar-refractivity contribution is -0.142. The van der Waals surface area contributed by atoms with Crippen molar-refractivity contribution in [3.8, 4) is 5.75 Å². The number of hydrogen-bond acceptors (Lipinski definition) is 11. The fourth-order valence-electron chi connectivity index (χ4n) is 4.32. The van der Waals surface area contributed by atoms with E-state index in [-0.39, 0.29) is 11.6 Å².